The molecule has 0 spiro atoms. The zero-order chi connectivity index (χ0) is 31.3. The van der Waals surface area contributed by atoms with Crippen LogP contribution in [-0.4, -0.2) is 43.3 Å². The summed E-state index contributed by atoms with van der Waals surface area (Å²) in [5.74, 6) is -2.93. The number of carbonyl (C=O) groups excluding carboxylic acids is 5. The quantitative estimate of drug-likeness (QED) is 0.172. The van der Waals surface area contributed by atoms with Gasteiger partial charge in [-0.25, -0.2) is 9.59 Å². The van der Waals surface area contributed by atoms with E-state index in [4.69, 9.17) is 13.9 Å². The minimum Gasteiger partial charge on any atom is -0.465 e. The summed E-state index contributed by atoms with van der Waals surface area (Å²) in [7, 11) is 1.22. The summed E-state index contributed by atoms with van der Waals surface area (Å²) in [5, 5.41) is 4.93. The summed E-state index contributed by atoms with van der Waals surface area (Å²) in [5.41, 5.74) is 3.96. The molecular formula is C32H31N3O8. The number of benzene rings is 2. The normalized spacial score (nSPS) is 13.7. The number of anilines is 2. The first-order chi connectivity index (χ1) is 20.5. The molecule has 4 rings (SSSR count). The van der Waals surface area contributed by atoms with Crippen LogP contribution in [0.5, 0.6) is 0 Å². The fourth-order valence-corrected chi connectivity index (χ4v) is 4.40. The van der Waals surface area contributed by atoms with E-state index in [1.54, 1.807) is 30.9 Å². The molecule has 0 saturated heterocycles. The third-order valence-corrected chi connectivity index (χ3v) is 6.78. The van der Waals surface area contributed by atoms with Crippen molar-refractivity contribution < 1.29 is 37.9 Å². The number of furan rings is 1. The van der Waals surface area contributed by atoms with E-state index < -0.39 is 29.5 Å². The fourth-order valence-electron chi connectivity index (χ4n) is 4.40. The Morgan fingerprint density at radius 2 is 1.63 bits per heavy atom. The van der Waals surface area contributed by atoms with E-state index in [9.17, 15) is 24.0 Å². The van der Waals surface area contributed by atoms with Crippen LogP contribution in [0.3, 0.4) is 0 Å². The molecule has 1 aliphatic heterocycles. The van der Waals surface area contributed by atoms with Crippen LogP contribution in [-0.2, 0) is 35.2 Å². The van der Waals surface area contributed by atoms with Gasteiger partial charge >= 0.3 is 23.8 Å². The molecule has 0 aliphatic carbocycles. The van der Waals surface area contributed by atoms with Gasteiger partial charge in [0.15, 0.2) is 0 Å². The second kappa shape index (κ2) is 13.0. The third kappa shape index (κ3) is 6.72. The van der Waals surface area contributed by atoms with Crippen molar-refractivity contribution in [2.45, 2.75) is 34.2 Å². The van der Waals surface area contributed by atoms with E-state index in [0.29, 0.717) is 34.2 Å². The number of hydrogen-bond donors (Lipinski definition) is 2. The number of allylic oxidation sites excluding steroid dienone is 2. The molecule has 43 heavy (non-hydrogen) atoms. The highest BCUT2D eigenvalue weighted by molar-refractivity contribution is 6.39. The maximum atomic E-state index is 13.3. The van der Waals surface area contributed by atoms with Gasteiger partial charge in [0.1, 0.15) is 17.1 Å². The zero-order valence-electron chi connectivity index (χ0n) is 24.4. The van der Waals surface area contributed by atoms with Gasteiger partial charge in [0.05, 0.1) is 31.5 Å². The smallest absolute Gasteiger partial charge is 0.343 e. The molecule has 3 aromatic rings. The molecule has 11 nitrogen and oxygen atoms in total. The van der Waals surface area contributed by atoms with E-state index in [0.717, 1.165) is 11.1 Å². The van der Waals surface area contributed by atoms with E-state index in [2.05, 4.69) is 10.6 Å². The Bertz CT molecular complexity index is 1660. The molecule has 11 heteroatoms. The number of nitrogens with zero attached hydrogens (tertiary/aromatic N) is 1. The Labute approximate surface area is 248 Å². The third-order valence-electron chi connectivity index (χ3n) is 6.78. The molecule has 2 heterocycles. The molecule has 0 fully saturated rings. The Kier molecular flexibility index (Phi) is 9.24. The van der Waals surface area contributed by atoms with Crippen molar-refractivity contribution in [2.75, 3.05) is 23.9 Å². The number of hydrogen-bond acceptors (Lipinski definition) is 9. The van der Waals surface area contributed by atoms with Crippen LogP contribution in [0.15, 0.2) is 76.0 Å². The Balaban J connectivity index is 1.45. The maximum Gasteiger partial charge on any atom is 0.343 e. The molecule has 1 aromatic heterocycles. The molecular weight excluding hydrogens is 554 g/mol. The van der Waals surface area contributed by atoms with E-state index in [-0.39, 0.29) is 24.4 Å². The number of carbonyl (C=O) groups is 5. The van der Waals surface area contributed by atoms with Crippen LogP contribution >= 0.6 is 0 Å². The second-order valence-electron chi connectivity index (χ2n) is 9.65. The van der Waals surface area contributed by atoms with Gasteiger partial charge in [-0.2, -0.15) is 0 Å². The van der Waals surface area contributed by atoms with Crippen molar-refractivity contribution in [3.63, 3.8) is 0 Å². The van der Waals surface area contributed by atoms with Crippen molar-refractivity contribution in [1.82, 2.24) is 5.32 Å². The average molecular weight is 586 g/mol. The lowest BCUT2D eigenvalue weighted by Gasteiger charge is -2.22. The number of methoxy groups -OCH3 is 1. The Morgan fingerprint density at radius 3 is 2.28 bits per heavy atom. The van der Waals surface area contributed by atoms with Crippen LogP contribution in [0.2, 0.25) is 0 Å². The predicted octanol–water partition coefficient (Wildman–Crippen LogP) is 4.21. The minimum absolute atomic E-state index is 0.0763. The molecule has 0 bridgehead atoms. The summed E-state index contributed by atoms with van der Waals surface area (Å²) < 4.78 is 15.6. The Hall–Kier alpha value is -5.45. The van der Waals surface area contributed by atoms with Crippen molar-refractivity contribution >= 4 is 47.0 Å². The van der Waals surface area contributed by atoms with Gasteiger partial charge in [-0.15, -0.1) is 0 Å². The number of nitrogens with one attached hydrogen (secondary N) is 2. The highest BCUT2D eigenvalue weighted by atomic mass is 16.5. The molecule has 2 aromatic carbocycles. The van der Waals surface area contributed by atoms with Crippen molar-refractivity contribution in [3.8, 4) is 0 Å². The van der Waals surface area contributed by atoms with Crippen LogP contribution in [0.4, 0.5) is 11.4 Å². The largest absolute Gasteiger partial charge is 0.465 e. The van der Waals surface area contributed by atoms with Crippen molar-refractivity contribution in [3.05, 3.63) is 99.8 Å². The first-order valence-corrected chi connectivity index (χ1v) is 13.4. The summed E-state index contributed by atoms with van der Waals surface area (Å²) in [4.78, 5) is 64.0. The fraction of sp³-hybridized carbons (Fsp3) is 0.219. The Morgan fingerprint density at radius 1 is 0.907 bits per heavy atom. The van der Waals surface area contributed by atoms with Gasteiger partial charge in [-0.1, -0.05) is 6.07 Å². The van der Waals surface area contributed by atoms with Crippen LogP contribution in [0.25, 0.3) is 6.08 Å². The topological polar surface area (TPSA) is 144 Å². The molecule has 0 saturated carbocycles. The minimum atomic E-state index is -0.907. The average Bonchev–Trinajstić information content (AvgIpc) is 3.54. The van der Waals surface area contributed by atoms with Gasteiger partial charge in [0.2, 0.25) is 5.78 Å². The van der Waals surface area contributed by atoms with Crippen LogP contribution in [0, 0.1) is 13.8 Å². The van der Waals surface area contributed by atoms with Gasteiger partial charge in [-0.05, 0) is 87.4 Å². The number of Topliss-reactive ketones (excluding diaryl/α,β-unsaturated/α-hetero) is 1. The summed E-state index contributed by atoms with van der Waals surface area (Å²) in [6, 6.07) is 14.8. The number of aryl methyl sites for hydroxylation is 2. The predicted molar refractivity (Wildman–Crippen MR) is 158 cm³/mol. The maximum absolute atomic E-state index is 13.3. The van der Waals surface area contributed by atoms with E-state index in [1.165, 1.54) is 37.5 Å². The molecule has 0 atom stereocenters. The second-order valence-corrected chi connectivity index (χ2v) is 9.65. The first-order valence-electron chi connectivity index (χ1n) is 13.4. The number of amides is 2. The van der Waals surface area contributed by atoms with Crippen molar-refractivity contribution in [2.24, 2.45) is 0 Å². The van der Waals surface area contributed by atoms with Gasteiger partial charge in [0, 0.05) is 23.1 Å². The lowest BCUT2D eigenvalue weighted by molar-refractivity contribution is -0.137. The molecule has 0 unspecified atom stereocenters. The summed E-state index contributed by atoms with van der Waals surface area (Å²) >= 11 is 0. The van der Waals surface area contributed by atoms with Crippen LogP contribution in [0.1, 0.15) is 46.9 Å². The SMILES string of the molecule is CCOC(=O)c1ccc(NC(=O)C(=O)NCc2ccc(/C=C3\C(=O)C(C(=O)OC)=C(C)N3c3ccc(C)c(C)c3)o2)cc1. The summed E-state index contributed by atoms with van der Waals surface area (Å²) in [6.45, 7) is 7.44. The van der Waals surface area contributed by atoms with Gasteiger partial charge in [-0.3, -0.25) is 14.4 Å². The number of ketones is 1. The van der Waals surface area contributed by atoms with Crippen LogP contribution < -0.4 is 15.5 Å². The van der Waals surface area contributed by atoms with E-state index in [1.807, 2.05) is 32.0 Å². The molecule has 222 valence electrons. The van der Waals surface area contributed by atoms with Crippen molar-refractivity contribution in [1.29, 1.82) is 0 Å². The lowest BCUT2D eigenvalue weighted by Crippen LogP contribution is -2.34. The molecule has 2 N–H and O–H groups in total. The standard InChI is InChI=1S/C32H31N3O8/c1-6-42-31(39)21-8-10-22(11-9-21)34-30(38)29(37)33-17-25-14-13-24(43-25)16-26-28(36)27(32(40)41-5)20(4)35(26)23-12-7-18(2)19(3)15-23/h7-16H,6,17H2,1-5H3,(H,33,37)(H,34,38)/b26-16+. The number of ether oxygens (including phenoxy) is 2. The molecule has 0 radical (unpaired) electrons. The highest BCUT2D eigenvalue weighted by Crippen LogP contribution is 2.36. The van der Waals surface area contributed by atoms with Gasteiger partial charge < -0.3 is 29.4 Å². The number of rotatable bonds is 8. The zero-order valence-corrected chi connectivity index (χ0v) is 24.4. The van der Waals surface area contributed by atoms with E-state index >= 15 is 0 Å². The summed E-state index contributed by atoms with van der Waals surface area (Å²) in [6.07, 6.45) is 1.51. The molecule has 2 amide bonds. The lowest BCUT2D eigenvalue weighted by atomic mass is 10.1. The highest BCUT2D eigenvalue weighted by Gasteiger charge is 2.38. The monoisotopic (exact) mass is 585 g/mol. The first kappa shape index (κ1) is 30.5. The number of esters is 2. The molecule has 1 aliphatic rings. The van der Waals surface area contributed by atoms with Gasteiger partial charge in [0.25, 0.3) is 0 Å².